The van der Waals surface area contributed by atoms with E-state index in [-0.39, 0.29) is 18.1 Å². The van der Waals surface area contributed by atoms with E-state index in [4.69, 9.17) is 26.2 Å². The molecule has 1 saturated heterocycles. The van der Waals surface area contributed by atoms with Gasteiger partial charge in [0, 0.05) is 34.9 Å². The van der Waals surface area contributed by atoms with Crippen LogP contribution in [-0.4, -0.2) is 63.7 Å². The Morgan fingerprint density at radius 1 is 1.44 bits per heavy atom. The van der Waals surface area contributed by atoms with Gasteiger partial charge in [-0.2, -0.15) is 0 Å². The zero-order valence-corrected chi connectivity index (χ0v) is 15.5. The first kappa shape index (κ1) is 18.2. The summed E-state index contributed by atoms with van der Waals surface area (Å²) in [5.41, 5.74) is 7.20. The normalized spacial score (nSPS) is 22.3. The molecular weight excluding hydrogens is 384 g/mol. The molecule has 2 aliphatic heterocycles. The van der Waals surface area contributed by atoms with Gasteiger partial charge in [-0.3, -0.25) is 4.79 Å². The van der Waals surface area contributed by atoms with Crippen molar-refractivity contribution in [2.45, 2.75) is 30.6 Å². The van der Waals surface area contributed by atoms with Crippen molar-refractivity contribution in [3.63, 3.8) is 0 Å². The molecule has 1 fully saturated rings. The van der Waals surface area contributed by atoms with E-state index in [0.29, 0.717) is 26.1 Å². The number of benzene rings is 1. The molecule has 2 aliphatic rings. The molecule has 25 heavy (non-hydrogen) atoms. The zero-order chi connectivity index (χ0) is 18.4. The Kier molecular flexibility index (Phi) is 4.79. The molecule has 2 heterocycles. The molecule has 1 aromatic carbocycles. The van der Waals surface area contributed by atoms with Gasteiger partial charge in [0.2, 0.25) is 5.91 Å². The van der Waals surface area contributed by atoms with E-state index in [1.54, 1.807) is 16.7 Å². The number of para-hydroxylation sites is 1. The van der Waals surface area contributed by atoms with Crippen LogP contribution in [-0.2, 0) is 9.53 Å². The van der Waals surface area contributed by atoms with Gasteiger partial charge in [0.1, 0.15) is 15.7 Å². The fourth-order valence-electron chi connectivity index (χ4n) is 3.76. The number of carbonyl (C=O) groups excluding carboxylic acids is 2. The lowest BCUT2D eigenvalue weighted by Crippen LogP contribution is -2.63. The molecule has 2 N–H and O–H groups in total. The summed E-state index contributed by atoms with van der Waals surface area (Å²) in [6.07, 6.45) is 0.270. The van der Waals surface area contributed by atoms with Gasteiger partial charge in [-0.25, -0.2) is 4.79 Å². The second-order valence-electron chi connectivity index (χ2n) is 6.34. The van der Waals surface area contributed by atoms with Gasteiger partial charge in [0.25, 0.3) is 0 Å². The molecule has 0 saturated carbocycles. The maximum absolute atomic E-state index is 12.1. The van der Waals surface area contributed by atoms with Crippen LogP contribution in [0, 0.1) is 0 Å². The van der Waals surface area contributed by atoms with Crippen molar-refractivity contribution in [3.8, 4) is 0 Å². The van der Waals surface area contributed by atoms with Crippen LogP contribution in [0.2, 0.25) is 0 Å². The minimum atomic E-state index is -1.82. The number of halogens is 1. The Hall–Kier alpha value is -1.63. The molecule has 2 atom stereocenters. The first-order valence-electron chi connectivity index (χ1n) is 8.16. The monoisotopic (exact) mass is 401 g/mol. The summed E-state index contributed by atoms with van der Waals surface area (Å²) in [4.78, 5) is 27.4. The Labute approximate surface area is 158 Å². The lowest BCUT2D eigenvalue weighted by atomic mass is 9.59. The maximum Gasteiger partial charge on any atom is 0.409 e. The summed E-state index contributed by atoms with van der Waals surface area (Å²) in [5, 5.41) is -1.82. The quantitative estimate of drug-likeness (QED) is 0.768. The Morgan fingerprint density at radius 2 is 2.16 bits per heavy atom. The number of amides is 2. The highest BCUT2D eigenvalue weighted by Gasteiger charge is 2.49. The van der Waals surface area contributed by atoms with Gasteiger partial charge in [-0.05, 0) is 40.9 Å². The standard InChI is InChI=1S/C16H18B2BrN3O3/c1-2-25-15(24)21-7-6-12-10(8-21)9-4-3-5-11(19)13(9)22(12)16(17,18)14(20)23/h3-5,10,12H,2,6-8H2,1H3,(H2,20,23). The number of piperidine rings is 1. The number of nitrogens with zero attached hydrogens (tertiary/aromatic N) is 2. The third kappa shape index (κ3) is 2.92. The van der Waals surface area contributed by atoms with Crippen LogP contribution in [0.5, 0.6) is 0 Å². The van der Waals surface area contributed by atoms with Gasteiger partial charge < -0.3 is 20.3 Å². The molecule has 2 unspecified atom stereocenters. The molecule has 0 spiro atoms. The van der Waals surface area contributed by atoms with Gasteiger partial charge in [-0.1, -0.05) is 12.1 Å². The molecule has 2 amide bonds. The smallest absolute Gasteiger partial charge is 0.409 e. The number of rotatable bonds is 3. The molecule has 0 bridgehead atoms. The largest absolute Gasteiger partial charge is 0.450 e. The van der Waals surface area contributed by atoms with Crippen molar-refractivity contribution in [2.75, 3.05) is 24.6 Å². The number of ether oxygens (including phenoxy) is 1. The molecule has 1 aromatic rings. The van der Waals surface area contributed by atoms with Crippen LogP contribution in [0.25, 0.3) is 0 Å². The predicted molar refractivity (Wildman–Crippen MR) is 99.8 cm³/mol. The third-order valence-electron chi connectivity index (χ3n) is 4.89. The topological polar surface area (TPSA) is 75.9 Å². The van der Waals surface area contributed by atoms with Crippen molar-refractivity contribution in [1.82, 2.24) is 4.90 Å². The highest BCUT2D eigenvalue weighted by molar-refractivity contribution is 9.10. The number of nitrogens with two attached hydrogens (primary N) is 1. The lowest BCUT2D eigenvalue weighted by molar-refractivity contribution is -0.118. The van der Waals surface area contributed by atoms with Crippen LogP contribution in [0.4, 0.5) is 10.5 Å². The van der Waals surface area contributed by atoms with E-state index in [2.05, 4.69) is 15.9 Å². The number of primary amides is 1. The number of hydrogen-bond acceptors (Lipinski definition) is 4. The van der Waals surface area contributed by atoms with Crippen molar-refractivity contribution >= 4 is 49.3 Å². The zero-order valence-electron chi connectivity index (χ0n) is 13.9. The average Bonchev–Trinajstić information content (AvgIpc) is 2.90. The fraction of sp³-hybridized carbons (Fsp3) is 0.500. The summed E-state index contributed by atoms with van der Waals surface area (Å²) in [6.45, 7) is 3.07. The van der Waals surface area contributed by atoms with E-state index in [0.717, 1.165) is 15.7 Å². The molecular formula is C16H18B2BrN3O3. The van der Waals surface area contributed by atoms with Gasteiger partial charge in [-0.15, -0.1) is 0 Å². The van der Waals surface area contributed by atoms with Gasteiger partial charge in [0.05, 0.1) is 12.3 Å². The van der Waals surface area contributed by atoms with Crippen LogP contribution >= 0.6 is 15.9 Å². The maximum atomic E-state index is 12.1. The predicted octanol–water partition coefficient (Wildman–Crippen LogP) is 1.06. The SMILES string of the molecule is [B]C([B])(C(N)=O)N1c2c(Br)cccc2C2CN(C(=O)OCC)CCC21. The van der Waals surface area contributed by atoms with Crippen molar-refractivity contribution < 1.29 is 14.3 Å². The Bertz CT molecular complexity index is 716. The van der Waals surface area contributed by atoms with Crippen molar-refractivity contribution in [1.29, 1.82) is 0 Å². The minimum absolute atomic E-state index is 0.0310. The number of hydrogen-bond donors (Lipinski definition) is 1. The van der Waals surface area contributed by atoms with E-state index in [1.807, 2.05) is 18.2 Å². The summed E-state index contributed by atoms with van der Waals surface area (Å²) in [6, 6.07) is 5.61. The molecule has 9 heteroatoms. The second kappa shape index (κ2) is 6.59. The second-order valence-corrected chi connectivity index (χ2v) is 7.20. The highest BCUT2D eigenvalue weighted by atomic mass is 79.9. The molecule has 4 radical (unpaired) electrons. The highest BCUT2D eigenvalue weighted by Crippen LogP contribution is 2.49. The van der Waals surface area contributed by atoms with Gasteiger partial charge in [0.15, 0.2) is 0 Å². The number of fused-ring (bicyclic) bond motifs is 3. The Balaban J connectivity index is 2.01. The van der Waals surface area contributed by atoms with E-state index >= 15 is 0 Å². The van der Waals surface area contributed by atoms with Gasteiger partial charge >= 0.3 is 6.09 Å². The van der Waals surface area contributed by atoms with E-state index in [1.165, 1.54) is 0 Å². The molecule has 3 rings (SSSR count). The lowest BCUT2D eigenvalue weighted by Gasteiger charge is -2.45. The summed E-state index contributed by atoms with van der Waals surface area (Å²) in [7, 11) is 12.2. The number of anilines is 1. The number of likely N-dealkylation sites (tertiary alicyclic amines) is 1. The van der Waals surface area contributed by atoms with E-state index in [9.17, 15) is 9.59 Å². The van der Waals surface area contributed by atoms with E-state index < -0.39 is 11.2 Å². The first-order valence-corrected chi connectivity index (χ1v) is 8.95. The average molecular weight is 402 g/mol. The summed E-state index contributed by atoms with van der Waals surface area (Å²) >= 11 is 3.52. The van der Waals surface area contributed by atoms with Crippen LogP contribution in [0.1, 0.15) is 24.8 Å². The molecule has 0 aliphatic carbocycles. The molecule has 0 aromatic heterocycles. The fourth-order valence-corrected chi connectivity index (χ4v) is 4.34. The van der Waals surface area contributed by atoms with Crippen LogP contribution < -0.4 is 10.6 Å². The first-order chi connectivity index (χ1) is 11.8. The summed E-state index contributed by atoms with van der Waals surface area (Å²) in [5.74, 6) is -0.834. The van der Waals surface area contributed by atoms with Crippen molar-refractivity contribution in [2.24, 2.45) is 5.73 Å². The van der Waals surface area contributed by atoms with Crippen LogP contribution in [0.3, 0.4) is 0 Å². The third-order valence-corrected chi connectivity index (χ3v) is 5.53. The minimum Gasteiger partial charge on any atom is -0.450 e. The molecule has 6 nitrogen and oxygen atoms in total. The van der Waals surface area contributed by atoms with Crippen LogP contribution in [0.15, 0.2) is 22.7 Å². The molecule has 128 valence electrons. The van der Waals surface area contributed by atoms with Crippen molar-refractivity contribution in [3.05, 3.63) is 28.2 Å². The summed E-state index contributed by atoms with van der Waals surface area (Å²) < 4.78 is 5.90. The Morgan fingerprint density at radius 3 is 2.80 bits per heavy atom. The number of carbonyl (C=O) groups is 2.